The first kappa shape index (κ1) is 40.3. The molecule has 9 rings (SSSR count). The van der Waals surface area contributed by atoms with Crippen LogP contribution in [0.15, 0.2) is 138 Å². The van der Waals surface area contributed by atoms with E-state index in [1.165, 1.54) is 5.56 Å². The van der Waals surface area contributed by atoms with Crippen LogP contribution in [0.5, 0.6) is 0 Å². The van der Waals surface area contributed by atoms with Crippen molar-refractivity contribution in [2.75, 3.05) is 0 Å². The molecule has 0 aliphatic carbocycles. The maximum Gasteiger partial charge on any atom is 0 e. The summed E-state index contributed by atoms with van der Waals surface area (Å²) in [7, 11) is 0. The molecule has 0 N–H and O–H groups in total. The normalized spacial score (nSPS) is 12.6. The number of fused-ring (bicyclic) bond motifs is 4. The zero-order chi connectivity index (χ0) is 43.3. The molecular weight excluding hydrogens is 973 g/mol. The monoisotopic (exact) mass is 1030 g/mol. The van der Waals surface area contributed by atoms with Crippen LogP contribution in [0.1, 0.15) is 54.2 Å². The number of nitrogens with zero attached hydrogens (tertiary/aromatic N) is 4. The van der Waals surface area contributed by atoms with Crippen molar-refractivity contribution in [2.24, 2.45) is 5.92 Å². The van der Waals surface area contributed by atoms with Gasteiger partial charge >= 0.3 is 154 Å². The minimum atomic E-state index is -2.25. The summed E-state index contributed by atoms with van der Waals surface area (Å²) >= 11 is -2.25. The largest absolute Gasteiger partial charge is 0 e. The van der Waals surface area contributed by atoms with E-state index in [1.807, 2.05) is 81.6 Å². The van der Waals surface area contributed by atoms with Gasteiger partial charge in [0.25, 0.3) is 0 Å². The summed E-state index contributed by atoms with van der Waals surface area (Å²) in [5, 5.41) is 2.00. The third-order valence-electron chi connectivity index (χ3n) is 10.6. The van der Waals surface area contributed by atoms with Crippen LogP contribution in [-0.2, 0) is 31.9 Å². The third kappa shape index (κ3) is 8.83. The van der Waals surface area contributed by atoms with Gasteiger partial charge in [-0.1, -0.05) is 71.6 Å². The number of aromatic nitrogens is 4. The molecule has 4 aromatic heterocycles. The molecule has 0 bridgehead atoms. The molecule has 0 atom stereocenters. The third-order valence-corrected chi connectivity index (χ3v) is 14.8. The Morgan fingerprint density at radius 3 is 2.27 bits per heavy atom. The van der Waals surface area contributed by atoms with Gasteiger partial charge in [-0.05, 0) is 42.8 Å². The first-order valence-corrected chi connectivity index (χ1v) is 27.7. The van der Waals surface area contributed by atoms with Gasteiger partial charge in [0.1, 0.15) is 0 Å². The van der Waals surface area contributed by atoms with Gasteiger partial charge in [0.15, 0.2) is 0 Å². The SMILES string of the molecule is Cc1ccc2c(n1)oc1c(-c3nc4ccccc4n3-c3ccccc3-c3ccccc3)[c-]ccc12.[2H]C([2H])(c1cc(-c2[c-]ccc(C(C)(C)C)c2)nc[c]1[Ge]([CH3])([CH3])[CH3])C(C)C.[Ir]. The maximum absolute atomic E-state index is 8.70. The number of hydrogen-bond donors (Lipinski definition) is 0. The zero-order valence-electron chi connectivity index (χ0n) is 37.8. The summed E-state index contributed by atoms with van der Waals surface area (Å²) in [4.78, 5) is 14.4. The second kappa shape index (κ2) is 17.5. The van der Waals surface area contributed by atoms with Crippen molar-refractivity contribution in [1.29, 1.82) is 0 Å². The Balaban J connectivity index is 0.000000193. The second-order valence-electron chi connectivity index (χ2n) is 17.6. The van der Waals surface area contributed by atoms with E-state index in [9.17, 15) is 0 Å². The van der Waals surface area contributed by atoms with Gasteiger partial charge in [-0.2, -0.15) is 0 Å². The van der Waals surface area contributed by atoms with Gasteiger partial charge in [-0.3, -0.25) is 4.98 Å². The summed E-state index contributed by atoms with van der Waals surface area (Å²) in [5.74, 6) is 7.58. The Labute approximate surface area is 373 Å². The Morgan fingerprint density at radius 1 is 0.800 bits per heavy atom. The van der Waals surface area contributed by atoms with Crippen LogP contribution in [0.25, 0.3) is 72.6 Å². The quantitative estimate of drug-likeness (QED) is 0.118. The fourth-order valence-electron chi connectivity index (χ4n) is 7.56. The van der Waals surface area contributed by atoms with Crippen molar-refractivity contribution in [2.45, 2.75) is 70.6 Å². The molecule has 0 amide bonds. The van der Waals surface area contributed by atoms with Crippen molar-refractivity contribution in [3.05, 3.63) is 163 Å². The summed E-state index contributed by atoms with van der Waals surface area (Å²) in [6, 6.07) is 50.0. The zero-order valence-corrected chi connectivity index (χ0v) is 40.3. The molecule has 9 aromatic rings. The van der Waals surface area contributed by atoms with Gasteiger partial charge in [-0.25, -0.2) is 4.98 Å². The molecule has 1 radical (unpaired) electrons. The minimum Gasteiger partial charge on any atom is 0 e. The Kier molecular flexibility index (Phi) is 11.7. The van der Waals surface area contributed by atoms with Crippen LogP contribution in [0.4, 0.5) is 0 Å². The second-order valence-corrected chi connectivity index (χ2v) is 28.1. The molecule has 305 valence electrons. The first-order valence-electron chi connectivity index (χ1n) is 21.4. The number of aryl methyl sites for hydroxylation is 1. The molecule has 60 heavy (non-hydrogen) atoms. The molecule has 0 saturated heterocycles. The van der Waals surface area contributed by atoms with Crippen LogP contribution >= 0.6 is 0 Å². The molecule has 0 saturated carbocycles. The van der Waals surface area contributed by atoms with Gasteiger partial charge in [-0.15, -0.1) is 18.2 Å². The standard InChI is InChI=1S/C31H20N3O.C22H32GeN.Ir/c1-20-18-19-24-23-13-9-14-25(29(23)35-31(24)32-20)30-33-26-15-6-8-17-28(26)34(30)27-16-7-5-12-22(27)21-10-3-2-4-11-21;1-16(2)12-18-14-21(24-15-20(18)23(6,7)8)17-10-9-11-19(13-17)22(3,4)5;/h2-13,15-19H,1H3;9,11,13-16H,12H2,1-8H3;/q2*-1;/i;12D2;. The minimum absolute atomic E-state index is 0. The topological polar surface area (TPSA) is 56.7 Å². The Hall–Kier alpha value is -5.14. The van der Waals surface area contributed by atoms with Gasteiger partial charge in [0.2, 0.25) is 5.71 Å². The van der Waals surface area contributed by atoms with Crippen molar-refractivity contribution >= 4 is 50.8 Å². The predicted molar refractivity (Wildman–Crippen MR) is 249 cm³/mol. The average Bonchev–Trinajstić information content (AvgIpc) is 3.81. The van der Waals surface area contributed by atoms with Gasteiger partial charge in [0, 0.05) is 42.4 Å². The first-order chi connectivity index (χ1) is 29.0. The molecule has 0 unspecified atom stereocenters. The van der Waals surface area contributed by atoms with Crippen LogP contribution in [-0.4, -0.2) is 32.8 Å². The number of benzene rings is 5. The molecule has 4 heterocycles. The van der Waals surface area contributed by atoms with Crippen molar-refractivity contribution in [3.63, 3.8) is 0 Å². The summed E-state index contributed by atoms with van der Waals surface area (Å²) < 4.78 is 27.1. The van der Waals surface area contributed by atoms with E-state index in [-0.39, 0.29) is 31.4 Å². The summed E-state index contributed by atoms with van der Waals surface area (Å²) in [6.45, 7) is 12.5. The van der Waals surface area contributed by atoms with Gasteiger partial charge in [0.05, 0.1) is 22.4 Å². The maximum atomic E-state index is 8.70. The van der Waals surface area contributed by atoms with Crippen LogP contribution in [0, 0.1) is 25.0 Å². The van der Waals surface area contributed by atoms with Crippen LogP contribution < -0.4 is 4.40 Å². The number of rotatable bonds is 7. The van der Waals surface area contributed by atoms with Crippen LogP contribution in [0.2, 0.25) is 17.3 Å². The smallest absolute Gasteiger partial charge is 0 e. The number of furan rings is 1. The van der Waals surface area contributed by atoms with Crippen molar-refractivity contribution in [3.8, 4) is 39.5 Å². The van der Waals surface area contributed by atoms with Crippen LogP contribution in [0.3, 0.4) is 0 Å². The predicted octanol–water partition coefficient (Wildman–Crippen LogP) is 13.3. The summed E-state index contributed by atoms with van der Waals surface area (Å²) in [5.41, 5.74) is 12.3. The van der Waals surface area contributed by atoms with E-state index in [0.717, 1.165) is 82.5 Å². The fraction of sp³-hybridized carbons (Fsp3) is 0.226. The van der Waals surface area contributed by atoms with E-state index in [2.05, 4.69) is 133 Å². The number of pyridine rings is 2. The van der Waals surface area contributed by atoms with E-state index in [1.54, 1.807) is 0 Å². The molecule has 0 aliphatic rings. The molecule has 7 heteroatoms. The molecule has 0 spiro atoms. The fourth-order valence-corrected chi connectivity index (χ4v) is 10.5. The van der Waals surface area contributed by atoms with Gasteiger partial charge < -0.3 is 8.98 Å². The van der Waals surface area contributed by atoms with E-state index >= 15 is 0 Å². The molecular formula is C53H52GeIrN4O-2. The number of hydrogen-bond acceptors (Lipinski definition) is 4. The van der Waals surface area contributed by atoms with Crippen molar-refractivity contribution in [1.82, 2.24) is 19.5 Å². The van der Waals surface area contributed by atoms with E-state index < -0.39 is 19.6 Å². The van der Waals surface area contributed by atoms with E-state index in [0.29, 0.717) is 5.71 Å². The summed E-state index contributed by atoms with van der Waals surface area (Å²) in [6.07, 6.45) is 0.565. The molecule has 5 nitrogen and oxygen atoms in total. The molecule has 5 aromatic carbocycles. The molecule has 0 aliphatic heterocycles. The number of imidazole rings is 1. The molecule has 0 fully saturated rings. The van der Waals surface area contributed by atoms with E-state index in [4.69, 9.17) is 17.1 Å². The Bertz CT molecular complexity index is 3030. The van der Waals surface area contributed by atoms with Crippen molar-refractivity contribution < 1.29 is 27.3 Å². The Morgan fingerprint density at radius 2 is 1.52 bits per heavy atom. The average molecular weight is 1030 g/mol. The number of para-hydroxylation sites is 3.